The Labute approximate surface area is 112 Å². The molecule has 1 aliphatic heterocycles. The molecular formula is C13H16N2O3S. The highest BCUT2D eigenvalue weighted by atomic mass is 32.2. The second kappa shape index (κ2) is 5.05. The second-order valence-corrected chi connectivity index (χ2v) is 6.20. The van der Waals surface area contributed by atoms with Gasteiger partial charge in [0.05, 0.1) is 10.6 Å². The fraction of sp³-hybridized carbons (Fsp3) is 0.308. The van der Waals surface area contributed by atoms with Crippen LogP contribution in [0.1, 0.15) is 25.3 Å². The largest absolute Gasteiger partial charge is 0.383 e. The first-order valence-electron chi connectivity index (χ1n) is 6.12. The number of rotatable bonds is 5. The molecule has 0 saturated carbocycles. The smallest absolute Gasteiger partial charge is 0.262 e. The first kappa shape index (κ1) is 13.6. The van der Waals surface area contributed by atoms with Crippen LogP contribution in [0.25, 0.3) is 5.70 Å². The lowest BCUT2D eigenvalue weighted by atomic mass is 10.1. The number of benzene rings is 1. The number of fused-ring (bicyclic) bond motifs is 1. The molecule has 0 spiro atoms. The van der Waals surface area contributed by atoms with E-state index in [1.807, 2.05) is 6.92 Å². The summed E-state index contributed by atoms with van der Waals surface area (Å²) in [5.41, 5.74) is 6.08. The average molecular weight is 280 g/mol. The summed E-state index contributed by atoms with van der Waals surface area (Å²) in [5.74, 6) is -0.921. The van der Waals surface area contributed by atoms with Gasteiger partial charge in [-0.05, 0) is 12.5 Å². The molecule has 3 N–H and O–H groups in total. The van der Waals surface area contributed by atoms with Crippen molar-refractivity contribution >= 4 is 21.4 Å². The summed E-state index contributed by atoms with van der Waals surface area (Å²) >= 11 is 0. The van der Waals surface area contributed by atoms with E-state index in [4.69, 9.17) is 5.73 Å². The van der Waals surface area contributed by atoms with E-state index in [1.54, 1.807) is 18.2 Å². The second-order valence-electron chi connectivity index (χ2n) is 4.35. The van der Waals surface area contributed by atoms with Gasteiger partial charge in [-0.3, -0.25) is 4.79 Å². The van der Waals surface area contributed by atoms with Gasteiger partial charge in [0.1, 0.15) is 0 Å². The molecular weight excluding hydrogens is 264 g/mol. The highest BCUT2D eigenvalue weighted by Gasteiger charge is 2.38. The molecule has 0 aromatic heterocycles. The summed E-state index contributed by atoms with van der Waals surface area (Å²) in [4.78, 5) is 11.3. The van der Waals surface area contributed by atoms with Gasteiger partial charge >= 0.3 is 0 Å². The summed E-state index contributed by atoms with van der Waals surface area (Å²) in [6, 6.07) is 6.53. The van der Waals surface area contributed by atoms with Gasteiger partial charge < -0.3 is 11.1 Å². The van der Waals surface area contributed by atoms with Gasteiger partial charge in [-0.1, -0.05) is 31.5 Å². The van der Waals surface area contributed by atoms with E-state index in [0.717, 1.165) is 12.8 Å². The highest BCUT2D eigenvalue weighted by Crippen LogP contribution is 2.37. The third-order valence-electron chi connectivity index (χ3n) is 3.00. The molecule has 102 valence electrons. The maximum absolute atomic E-state index is 12.3. The molecule has 1 aromatic carbocycles. The molecule has 1 aromatic rings. The maximum atomic E-state index is 12.3. The number of hydrogen-bond donors (Lipinski definition) is 2. The number of nitrogens with one attached hydrogen (secondary N) is 1. The SMILES string of the molecule is CCCCNC1=C(C(N)=O)S(=O)(=O)c2ccccc21. The number of carbonyl (C=O) groups is 1. The minimum Gasteiger partial charge on any atom is -0.383 e. The monoisotopic (exact) mass is 280 g/mol. The molecule has 0 bridgehead atoms. The first-order valence-corrected chi connectivity index (χ1v) is 7.61. The van der Waals surface area contributed by atoms with Crippen molar-refractivity contribution in [3.8, 4) is 0 Å². The Morgan fingerprint density at radius 2 is 2.00 bits per heavy atom. The molecule has 0 saturated heterocycles. The van der Waals surface area contributed by atoms with Crippen LogP contribution in [0.2, 0.25) is 0 Å². The van der Waals surface area contributed by atoms with Crippen molar-refractivity contribution in [3.63, 3.8) is 0 Å². The van der Waals surface area contributed by atoms with Crippen molar-refractivity contribution in [1.29, 1.82) is 0 Å². The molecule has 0 aliphatic carbocycles. The quantitative estimate of drug-likeness (QED) is 0.788. The number of hydrogen-bond acceptors (Lipinski definition) is 4. The van der Waals surface area contributed by atoms with E-state index < -0.39 is 15.7 Å². The number of unbranched alkanes of at least 4 members (excludes halogenated alkanes) is 1. The summed E-state index contributed by atoms with van der Waals surface area (Å²) in [7, 11) is -3.79. The van der Waals surface area contributed by atoms with Crippen LogP contribution in [0, 0.1) is 0 Å². The van der Waals surface area contributed by atoms with E-state index in [1.165, 1.54) is 6.07 Å². The zero-order valence-corrected chi connectivity index (χ0v) is 11.5. The maximum Gasteiger partial charge on any atom is 0.262 e. The fourth-order valence-corrected chi connectivity index (χ4v) is 3.75. The zero-order chi connectivity index (χ0) is 14.0. The predicted molar refractivity (Wildman–Crippen MR) is 72.7 cm³/mol. The number of amides is 1. The molecule has 0 fully saturated rings. The van der Waals surface area contributed by atoms with E-state index in [-0.39, 0.29) is 9.80 Å². The van der Waals surface area contributed by atoms with Crippen LogP contribution < -0.4 is 11.1 Å². The van der Waals surface area contributed by atoms with Crippen molar-refractivity contribution in [3.05, 3.63) is 34.7 Å². The lowest BCUT2D eigenvalue weighted by molar-refractivity contribution is -0.113. The zero-order valence-electron chi connectivity index (χ0n) is 10.6. The van der Waals surface area contributed by atoms with Gasteiger partial charge in [0.15, 0.2) is 4.91 Å². The third-order valence-corrected chi connectivity index (χ3v) is 4.88. The van der Waals surface area contributed by atoms with Gasteiger partial charge in [0.25, 0.3) is 5.91 Å². The normalized spacial score (nSPS) is 16.3. The minimum atomic E-state index is -3.79. The van der Waals surface area contributed by atoms with Crippen LogP contribution >= 0.6 is 0 Å². The topological polar surface area (TPSA) is 89.3 Å². The predicted octanol–water partition coefficient (Wildman–Crippen LogP) is 1.02. The lowest BCUT2D eigenvalue weighted by Crippen LogP contribution is -2.23. The molecule has 0 unspecified atom stereocenters. The van der Waals surface area contributed by atoms with Crippen molar-refractivity contribution in [2.75, 3.05) is 6.54 Å². The Balaban J connectivity index is 2.55. The number of primary amides is 1. The van der Waals surface area contributed by atoms with Crippen LogP contribution in [0.15, 0.2) is 34.1 Å². The van der Waals surface area contributed by atoms with Crippen LogP contribution in [-0.2, 0) is 14.6 Å². The van der Waals surface area contributed by atoms with E-state index >= 15 is 0 Å². The van der Waals surface area contributed by atoms with Crippen LogP contribution in [-0.4, -0.2) is 20.9 Å². The van der Waals surface area contributed by atoms with Crippen molar-refractivity contribution in [2.45, 2.75) is 24.7 Å². The number of nitrogens with two attached hydrogens (primary N) is 1. The molecule has 0 atom stereocenters. The van der Waals surface area contributed by atoms with Crippen molar-refractivity contribution in [2.24, 2.45) is 5.73 Å². The molecule has 1 heterocycles. The molecule has 19 heavy (non-hydrogen) atoms. The Bertz CT molecular complexity index is 648. The van der Waals surface area contributed by atoms with E-state index in [2.05, 4.69) is 5.32 Å². The standard InChI is InChI=1S/C13H16N2O3S/c1-2-3-8-15-11-9-6-4-5-7-10(9)19(17,18)12(11)13(14)16/h4-7,15H,2-3,8H2,1H3,(H2,14,16). The summed E-state index contributed by atoms with van der Waals surface area (Å²) in [5, 5.41) is 3.03. The Morgan fingerprint density at radius 1 is 1.32 bits per heavy atom. The van der Waals surface area contributed by atoms with Crippen LogP contribution in [0.3, 0.4) is 0 Å². The lowest BCUT2D eigenvalue weighted by Gasteiger charge is -2.08. The molecule has 1 amide bonds. The minimum absolute atomic E-state index is 0.141. The van der Waals surface area contributed by atoms with Gasteiger partial charge in [-0.15, -0.1) is 0 Å². The molecule has 6 heteroatoms. The molecule has 2 rings (SSSR count). The highest BCUT2D eigenvalue weighted by molar-refractivity contribution is 7.97. The Morgan fingerprint density at radius 3 is 2.63 bits per heavy atom. The van der Waals surface area contributed by atoms with Crippen molar-refractivity contribution < 1.29 is 13.2 Å². The number of sulfone groups is 1. The summed E-state index contributed by atoms with van der Waals surface area (Å²) in [6.45, 7) is 2.64. The molecule has 1 aliphatic rings. The molecule has 0 radical (unpaired) electrons. The van der Waals surface area contributed by atoms with Gasteiger partial charge in [-0.2, -0.15) is 0 Å². The fourth-order valence-electron chi connectivity index (χ4n) is 2.10. The van der Waals surface area contributed by atoms with Gasteiger partial charge in [0.2, 0.25) is 9.84 Å². The van der Waals surface area contributed by atoms with Gasteiger partial charge in [-0.25, -0.2) is 8.42 Å². The van der Waals surface area contributed by atoms with E-state index in [9.17, 15) is 13.2 Å². The van der Waals surface area contributed by atoms with Gasteiger partial charge in [0, 0.05) is 12.1 Å². The average Bonchev–Trinajstić information content (AvgIpc) is 2.59. The van der Waals surface area contributed by atoms with Crippen molar-refractivity contribution in [1.82, 2.24) is 5.32 Å². The summed E-state index contributed by atoms with van der Waals surface area (Å²) < 4.78 is 24.5. The summed E-state index contributed by atoms with van der Waals surface area (Å²) in [6.07, 6.45) is 1.86. The number of carbonyl (C=O) groups excluding carboxylic acids is 1. The first-order chi connectivity index (χ1) is 9.00. The van der Waals surface area contributed by atoms with E-state index in [0.29, 0.717) is 17.8 Å². The third kappa shape index (κ3) is 2.23. The Kier molecular flexibility index (Phi) is 3.61. The Hall–Kier alpha value is -1.82. The van der Waals surface area contributed by atoms with Crippen LogP contribution in [0.5, 0.6) is 0 Å². The molecule has 5 nitrogen and oxygen atoms in total. The van der Waals surface area contributed by atoms with Crippen LogP contribution in [0.4, 0.5) is 0 Å².